The van der Waals surface area contributed by atoms with Crippen LogP contribution in [0.4, 0.5) is 10.1 Å². The molecule has 1 aromatic heterocycles. The zero-order valence-corrected chi connectivity index (χ0v) is 12.2. The minimum absolute atomic E-state index is 0.267. The molecule has 0 saturated carbocycles. The van der Waals surface area contributed by atoms with E-state index in [9.17, 15) is 4.39 Å². The number of benzene rings is 2. The standard InChI is InChI=1S/C15H10Cl2FN3/c16-9-1-4-11(5-2-9)21-8-14(19)15(20-21)12-6-3-10(18)7-13(12)17/h1-8H,19H2. The summed E-state index contributed by atoms with van der Waals surface area (Å²) in [6.07, 6.45) is 1.68. The highest BCUT2D eigenvalue weighted by molar-refractivity contribution is 6.33. The lowest BCUT2D eigenvalue weighted by Crippen LogP contribution is -1.94. The first kappa shape index (κ1) is 13.9. The number of rotatable bonds is 2. The third-order valence-electron chi connectivity index (χ3n) is 3.02. The van der Waals surface area contributed by atoms with Crippen LogP contribution in [0.3, 0.4) is 0 Å². The molecule has 0 radical (unpaired) electrons. The maximum Gasteiger partial charge on any atom is 0.124 e. The smallest absolute Gasteiger partial charge is 0.124 e. The van der Waals surface area contributed by atoms with Crippen LogP contribution in [0.15, 0.2) is 48.7 Å². The maximum absolute atomic E-state index is 13.1. The van der Waals surface area contributed by atoms with Crippen LogP contribution in [-0.4, -0.2) is 9.78 Å². The highest BCUT2D eigenvalue weighted by Gasteiger charge is 2.13. The van der Waals surface area contributed by atoms with Crippen LogP contribution in [0.1, 0.15) is 0 Å². The van der Waals surface area contributed by atoms with Crippen molar-refractivity contribution in [3.8, 4) is 16.9 Å². The van der Waals surface area contributed by atoms with Crippen molar-refractivity contribution in [2.45, 2.75) is 0 Å². The molecule has 0 aliphatic carbocycles. The Balaban J connectivity index is 2.07. The Morgan fingerprint density at radius 3 is 2.43 bits per heavy atom. The first-order valence-corrected chi connectivity index (χ1v) is 6.87. The van der Waals surface area contributed by atoms with Gasteiger partial charge in [-0.1, -0.05) is 23.2 Å². The van der Waals surface area contributed by atoms with Gasteiger partial charge in [0.2, 0.25) is 0 Å². The summed E-state index contributed by atoms with van der Waals surface area (Å²) in [5.41, 5.74) is 8.35. The third-order valence-corrected chi connectivity index (χ3v) is 3.58. The van der Waals surface area contributed by atoms with Crippen molar-refractivity contribution in [3.05, 3.63) is 64.5 Å². The van der Waals surface area contributed by atoms with E-state index < -0.39 is 5.82 Å². The fourth-order valence-electron chi connectivity index (χ4n) is 2.00. The number of nitrogens with two attached hydrogens (primary N) is 1. The molecule has 0 amide bonds. The predicted molar refractivity (Wildman–Crippen MR) is 83.4 cm³/mol. The lowest BCUT2D eigenvalue weighted by atomic mass is 10.1. The van der Waals surface area contributed by atoms with Gasteiger partial charge in [-0.05, 0) is 42.5 Å². The summed E-state index contributed by atoms with van der Waals surface area (Å²) in [7, 11) is 0. The molecule has 2 N–H and O–H groups in total. The van der Waals surface area contributed by atoms with E-state index in [1.807, 2.05) is 12.1 Å². The molecule has 6 heteroatoms. The predicted octanol–water partition coefficient (Wildman–Crippen LogP) is 4.57. The second-order valence-corrected chi connectivity index (χ2v) is 5.32. The van der Waals surface area contributed by atoms with Crippen LogP contribution in [0, 0.1) is 5.82 Å². The number of anilines is 1. The molecule has 3 rings (SSSR count). The molecule has 106 valence electrons. The van der Waals surface area contributed by atoms with E-state index in [0.717, 1.165) is 5.69 Å². The minimum atomic E-state index is -0.403. The van der Waals surface area contributed by atoms with Crippen LogP contribution in [-0.2, 0) is 0 Å². The topological polar surface area (TPSA) is 43.8 Å². The van der Waals surface area contributed by atoms with Crippen LogP contribution in [0.2, 0.25) is 10.0 Å². The SMILES string of the molecule is Nc1cn(-c2ccc(Cl)cc2)nc1-c1ccc(F)cc1Cl. The fourth-order valence-corrected chi connectivity index (χ4v) is 2.39. The normalized spacial score (nSPS) is 10.8. The number of nitrogens with zero attached hydrogens (tertiary/aromatic N) is 2. The highest BCUT2D eigenvalue weighted by atomic mass is 35.5. The third kappa shape index (κ3) is 2.73. The first-order chi connectivity index (χ1) is 10.0. The van der Waals surface area contributed by atoms with Crippen molar-refractivity contribution in [1.82, 2.24) is 9.78 Å². The Hall–Kier alpha value is -2.04. The molecule has 2 aromatic carbocycles. The highest BCUT2D eigenvalue weighted by Crippen LogP contribution is 2.32. The summed E-state index contributed by atoms with van der Waals surface area (Å²) >= 11 is 11.9. The minimum Gasteiger partial charge on any atom is -0.396 e. The van der Waals surface area contributed by atoms with Crippen LogP contribution in [0.5, 0.6) is 0 Å². The summed E-state index contributed by atoms with van der Waals surface area (Å²) in [6, 6.07) is 11.3. The van der Waals surface area contributed by atoms with Gasteiger partial charge < -0.3 is 5.73 Å². The monoisotopic (exact) mass is 321 g/mol. The second-order valence-electron chi connectivity index (χ2n) is 4.48. The Kier molecular flexibility index (Phi) is 3.57. The molecule has 3 nitrogen and oxygen atoms in total. The molecule has 0 bridgehead atoms. The summed E-state index contributed by atoms with van der Waals surface area (Å²) < 4.78 is 14.7. The maximum atomic E-state index is 13.1. The molecule has 0 atom stereocenters. The van der Waals surface area contributed by atoms with Crippen molar-refractivity contribution >= 4 is 28.9 Å². The summed E-state index contributed by atoms with van der Waals surface area (Å²) in [6.45, 7) is 0. The van der Waals surface area contributed by atoms with Gasteiger partial charge in [0.25, 0.3) is 0 Å². The number of halogens is 3. The molecule has 3 aromatic rings. The molecule has 0 unspecified atom stereocenters. The zero-order valence-electron chi connectivity index (χ0n) is 10.7. The Labute approximate surface area is 130 Å². The Bertz CT molecular complexity index is 797. The van der Waals surface area contributed by atoms with E-state index >= 15 is 0 Å². The van der Waals surface area contributed by atoms with Crippen molar-refractivity contribution in [1.29, 1.82) is 0 Å². The number of nitrogen functional groups attached to an aromatic ring is 1. The number of hydrogen-bond acceptors (Lipinski definition) is 2. The summed E-state index contributed by atoms with van der Waals surface area (Å²) in [4.78, 5) is 0. The van der Waals surface area contributed by atoms with Gasteiger partial charge in [-0.2, -0.15) is 5.10 Å². The van der Waals surface area contributed by atoms with Gasteiger partial charge in [0.15, 0.2) is 0 Å². The fraction of sp³-hybridized carbons (Fsp3) is 0. The van der Waals surface area contributed by atoms with Crippen molar-refractivity contribution in [2.75, 3.05) is 5.73 Å². The van der Waals surface area contributed by atoms with E-state index in [0.29, 0.717) is 22.0 Å². The van der Waals surface area contributed by atoms with Gasteiger partial charge in [0, 0.05) is 10.6 Å². The van der Waals surface area contributed by atoms with Gasteiger partial charge in [-0.15, -0.1) is 0 Å². The van der Waals surface area contributed by atoms with Crippen molar-refractivity contribution in [2.24, 2.45) is 0 Å². The molecule has 0 spiro atoms. The largest absolute Gasteiger partial charge is 0.396 e. The van der Waals surface area contributed by atoms with E-state index in [1.54, 1.807) is 29.1 Å². The molecule has 0 aliphatic heterocycles. The zero-order chi connectivity index (χ0) is 15.0. The molecule has 1 heterocycles. The molecule has 0 fully saturated rings. The van der Waals surface area contributed by atoms with Gasteiger partial charge in [0.1, 0.15) is 11.5 Å². The number of aromatic nitrogens is 2. The van der Waals surface area contributed by atoms with Crippen molar-refractivity contribution < 1.29 is 4.39 Å². The molecule has 0 saturated heterocycles. The molecule has 21 heavy (non-hydrogen) atoms. The van der Waals surface area contributed by atoms with Gasteiger partial charge >= 0.3 is 0 Å². The number of hydrogen-bond donors (Lipinski definition) is 1. The Morgan fingerprint density at radius 2 is 1.76 bits per heavy atom. The van der Waals surface area contributed by atoms with E-state index in [4.69, 9.17) is 28.9 Å². The van der Waals surface area contributed by atoms with E-state index in [1.165, 1.54) is 12.1 Å². The van der Waals surface area contributed by atoms with Gasteiger partial charge in [0.05, 0.1) is 22.6 Å². The first-order valence-electron chi connectivity index (χ1n) is 6.11. The van der Waals surface area contributed by atoms with Crippen LogP contribution < -0.4 is 5.73 Å². The average Bonchev–Trinajstić information content (AvgIpc) is 2.81. The average molecular weight is 322 g/mol. The van der Waals surface area contributed by atoms with Gasteiger partial charge in [-0.3, -0.25) is 0 Å². The summed E-state index contributed by atoms with van der Waals surface area (Å²) in [5, 5.41) is 5.32. The molecule has 0 aliphatic rings. The van der Waals surface area contributed by atoms with E-state index in [-0.39, 0.29) is 5.02 Å². The quantitative estimate of drug-likeness (QED) is 0.751. The van der Waals surface area contributed by atoms with E-state index in [2.05, 4.69) is 5.10 Å². The van der Waals surface area contributed by atoms with Crippen molar-refractivity contribution in [3.63, 3.8) is 0 Å². The molecular formula is C15H10Cl2FN3. The second kappa shape index (κ2) is 5.39. The Morgan fingerprint density at radius 1 is 1.05 bits per heavy atom. The summed E-state index contributed by atoms with van der Waals surface area (Å²) in [5.74, 6) is -0.403. The van der Waals surface area contributed by atoms with Gasteiger partial charge in [-0.25, -0.2) is 9.07 Å². The lowest BCUT2D eigenvalue weighted by molar-refractivity contribution is 0.628. The van der Waals surface area contributed by atoms with Crippen LogP contribution >= 0.6 is 23.2 Å². The lowest BCUT2D eigenvalue weighted by Gasteiger charge is -2.03. The van der Waals surface area contributed by atoms with Crippen LogP contribution in [0.25, 0.3) is 16.9 Å². The molecular weight excluding hydrogens is 312 g/mol.